The van der Waals surface area contributed by atoms with Gasteiger partial charge in [0, 0.05) is 13.1 Å². The Bertz CT molecular complexity index is 522. The topological polar surface area (TPSA) is 15.3 Å². The highest BCUT2D eigenvalue weighted by atomic mass is 15.5. The van der Waals surface area contributed by atoms with Gasteiger partial charge in [0.05, 0.1) is 5.69 Å². The molecule has 0 fully saturated rings. The number of benzene rings is 2. The first kappa shape index (κ1) is 12.2. The predicted octanol–water partition coefficient (Wildman–Crippen LogP) is 3.19. The van der Waals surface area contributed by atoms with Gasteiger partial charge in [-0.1, -0.05) is 48.5 Å². The highest BCUT2D eigenvalue weighted by molar-refractivity contribution is 5.53. The van der Waals surface area contributed by atoms with Crippen molar-refractivity contribution in [2.24, 2.45) is 0 Å². The number of rotatable bonds is 3. The number of nitrogens with one attached hydrogen (secondary N) is 1. The van der Waals surface area contributed by atoms with E-state index in [0.29, 0.717) is 0 Å². The second kappa shape index (κ2) is 5.89. The number of nitrogens with zero attached hydrogens (tertiary/aromatic N) is 1. The standard InChI is InChI=1S/C17H20N2/c1-2-7-15(8-3-1)12-14-19-17-11-5-4-9-16(17)10-6-13-18-19/h1-5,7-9,11,18H,6,10,12-14H2. The molecule has 98 valence electrons. The van der Waals surface area contributed by atoms with Crippen molar-refractivity contribution in [3.05, 3.63) is 65.7 Å². The molecule has 1 aliphatic heterocycles. The molecule has 0 atom stereocenters. The molecule has 2 nitrogen and oxygen atoms in total. The van der Waals surface area contributed by atoms with Crippen LogP contribution in [0.1, 0.15) is 17.5 Å². The summed E-state index contributed by atoms with van der Waals surface area (Å²) >= 11 is 0. The Balaban J connectivity index is 1.74. The van der Waals surface area contributed by atoms with E-state index in [1.54, 1.807) is 0 Å². The molecule has 0 amide bonds. The van der Waals surface area contributed by atoms with Crippen molar-refractivity contribution in [3.63, 3.8) is 0 Å². The molecule has 0 saturated heterocycles. The number of hydrazine groups is 1. The van der Waals surface area contributed by atoms with E-state index in [1.807, 2.05) is 0 Å². The number of anilines is 1. The van der Waals surface area contributed by atoms with E-state index in [9.17, 15) is 0 Å². The van der Waals surface area contributed by atoms with Gasteiger partial charge in [0.1, 0.15) is 0 Å². The Morgan fingerprint density at radius 2 is 1.74 bits per heavy atom. The van der Waals surface area contributed by atoms with Crippen LogP contribution in [0.4, 0.5) is 5.69 Å². The molecule has 0 radical (unpaired) electrons. The maximum Gasteiger partial charge on any atom is 0.0551 e. The van der Waals surface area contributed by atoms with E-state index >= 15 is 0 Å². The van der Waals surface area contributed by atoms with Gasteiger partial charge in [-0.3, -0.25) is 0 Å². The van der Waals surface area contributed by atoms with Gasteiger partial charge in [-0.05, 0) is 36.5 Å². The largest absolute Gasteiger partial charge is 0.308 e. The van der Waals surface area contributed by atoms with Crippen molar-refractivity contribution in [3.8, 4) is 0 Å². The molecule has 19 heavy (non-hydrogen) atoms. The van der Waals surface area contributed by atoms with Gasteiger partial charge in [0.15, 0.2) is 0 Å². The van der Waals surface area contributed by atoms with Gasteiger partial charge in [0.25, 0.3) is 0 Å². The number of para-hydroxylation sites is 1. The summed E-state index contributed by atoms with van der Waals surface area (Å²) in [5.74, 6) is 0. The molecule has 2 aromatic carbocycles. The highest BCUT2D eigenvalue weighted by Gasteiger charge is 2.13. The molecule has 1 N–H and O–H groups in total. The van der Waals surface area contributed by atoms with Crippen LogP contribution in [0.3, 0.4) is 0 Å². The zero-order valence-electron chi connectivity index (χ0n) is 11.2. The predicted molar refractivity (Wildman–Crippen MR) is 80.3 cm³/mol. The Morgan fingerprint density at radius 3 is 2.63 bits per heavy atom. The molecule has 0 spiro atoms. The lowest BCUT2D eigenvalue weighted by Crippen LogP contribution is -2.39. The first-order valence-electron chi connectivity index (χ1n) is 7.06. The minimum absolute atomic E-state index is 1.01. The maximum atomic E-state index is 3.54. The van der Waals surface area contributed by atoms with Crippen molar-refractivity contribution >= 4 is 5.69 Å². The number of aryl methyl sites for hydroxylation is 1. The molecular weight excluding hydrogens is 232 g/mol. The second-order valence-electron chi connectivity index (χ2n) is 5.03. The van der Waals surface area contributed by atoms with Crippen molar-refractivity contribution in [1.82, 2.24) is 5.43 Å². The molecule has 0 unspecified atom stereocenters. The minimum Gasteiger partial charge on any atom is -0.308 e. The fourth-order valence-electron chi connectivity index (χ4n) is 2.65. The van der Waals surface area contributed by atoms with Crippen LogP contribution in [0.25, 0.3) is 0 Å². The average molecular weight is 252 g/mol. The average Bonchev–Trinajstić information content (AvgIpc) is 2.68. The lowest BCUT2D eigenvalue weighted by molar-refractivity contribution is 0.618. The fraction of sp³-hybridized carbons (Fsp3) is 0.294. The zero-order chi connectivity index (χ0) is 12.9. The first-order chi connectivity index (χ1) is 9.43. The Hall–Kier alpha value is -1.80. The SMILES string of the molecule is c1ccc(CCN2NCCCc3ccccc32)cc1. The maximum absolute atomic E-state index is 3.54. The first-order valence-corrected chi connectivity index (χ1v) is 7.06. The van der Waals surface area contributed by atoms with Crippen LogP contribution in [-0.4, -0.2) is 13.1 Å². The molecular formula is C17H20N2. The zero-order valence-corrected chi connectivity index (χ0v) is 11.2. The van der Waals surface area contributed by atoms with Gasteiger partial charge in [-0.15, -0.1) is 0 Å². The summed E-state index contributed by atoms with van der Waals surface area (Å²) in [5.41, 5.74) is 7.74. The summed E-state index contributed by atoms with van der Waals surface area (Å²) in [4.78, 5) is 0. The normalized spacial score (nSPS) is 14.8. The third-order valence-corrected chi connectivity index (χ3v) is 3.67. The second-order valence-corrected chi connectivity index (χ2v) is 5.03. The Morgan fingerprint density at radius 1 is 0.947 bits per heavy atom. The third kappa shape index (κ3) is 2.96. The minimum atomic E-state index is 1.01. The summed E-state index contributed by atoms with van der Waals surface area (Å²) in [6.07, 6.45) is 3.45. The molecule has 2 aromatic rings. The van der Waals surface area contributed by atoms with Crippen molar-refractivity contribution in [1.29, 1.82) is 0 Å². The van der Waals surface area contributed by atoms with Crippen LogP contribution < -0.4 is 10.4 Å². The lowest BCUT2D eigenvalue weighted by atomic mass is 10.1. The molecule has 0 aliphatic carbocycles. The molecule has 1 heterocycles. The summed E-state index contributed by atoms with van der Waals surface area (Å²) in [5, 5.41) is 2.31. The molecule has 1 aliphatic rings. The smallest absolute Gasteiger partial charge is 0.0551 e. The van der Waals surface area contributed by atoms with Crippen molar-refractivity contribution < 1.29 is 0 Å². The van der Waals surface area contributed by atoms with Gasteiger partial charge < -0.3 is 5.01 Å². The molecule has 3 rings (SSSR count). The van der Waals surface area contributed by atoms with Crippen LogP contribution in [0.2, 0.25) is 0 Å². The van der Waals surface area contributed by atoms with Crippen molar-refractivity contribution in [2.45, 2.75) is 19.3 Å². The highest BCUT2D eigenvalue weighted by Crippen LogP contribution is 2.22. The summed E-state index contributed by atoms with van der Waals surface area (Å²) in [6.45, 7) is 2.07. The summed E-state index contributed by atoms with van der Waals surface area (Å²) in [6, 6.07) is 19.4. The fourth-order valence-corrected chi connectivity index (χ4v) is 2.65. The van der Waals surface area contributed by atoms with Crippen LogP contribution in [0, 0.1) is 0 Å². The van der Waals surface area contributed by atoms with E-state index in [-0.39, 0.29) is 0 Å². The van der Waals surface area contributed by atoms with E-state index in [0.717, 1.165) is 19.5 Å². The molecule has 0 saturated carbocycles. The Labute approximate surface area is 115 Å². The summed E-state index contributed by atoms with van der Waals surface area (Å²) in [7, 11) is 0. The van der Waals surface area contributed by atoms with E-state index < -0.39 is 0 Å². The van der Waals surface area contributed by atoms with Crippen LogP contribution in [-0.2, 0) is 12.8 Å². The quantitative estimate of drug-likeness (QED) is 0.902. The van der Waals surface area contributed by atoms with Gasteiger partial charge >= 0.3 is 0 Å². The van der Waals surface area contributed by atoms with Crippen LogP contribution in [0.15, 0.2) is 54.6 Å². The van der Waals surface area contributed by atoms with Gasteiger partial charge in [0.2, 0.25) is 0 Å². The van der Waals surface area contributed by atoms with Crippen LogP contribution in [0.5, 0.6) is 0 Å². The monoisotopic (exact) mass is 252 g/mol. The van der Waals surface area contributed by atoms with Gasteiger partial charge in [-0.25, -0.2) is 5.43 Å². The van der Waals surface area contributed by atoms with E-state index in [4.69, 9.17) is 0 Å². The molecule has 2 heteroatoms. The van der Waals surface area contributed by atoms with Crippen molar-refractivity contribution in [2.75, 3.05) is 18.1 Å². The van der Waals surface area contributed by atoms with Gasteiger partial charge in [-0.2, -0.15) is 0 Å². The van der Waals surface area contributed by atoms with E-state index in [2.05, 4.69) is 65.0 Å². The van der Waals surface area contributed by atoms with E-state index in [1.165, 1.54) is 29.7 Å². The third-order valence-electron chi connectivity index (χ3n) is 3.67. The molecule has 0 aromatic heterocycles. The number of fused-ring (bicyclic) bond motifs is 1. The number of hydrogen-bond acceptors (Lipinski definition) is 2. The van der Waals surface area contributed by atoms with Crippen LogP contribution >= 0.6 is 0 Å². The summed E-state index contributed by atoms with van der Waals surface area (Å²) < 4.78 is 0. The number of hydrogen-bond donors (Lipinski definition) is 1. The lowest BCUT2D eigenvalue weighted by Gasteiger charge is -2.25. The Kier molecular flexibility index (Phi) is 3.80. The molecule has 0 bridgehead atoms.